The van der Waals surface area contributed by atoms with Crippen molar-refractivity contribution in [2.24, 2.45) is 0 Å². The molecule has 0 fully saturated rings. The molecule has 0 atom stereocenters. The maximum Gasteiger partial charge on any atom is 0.271 e. The Kier molecular flexibility index (Phi) is 5.72. The summed E-state index contributed by atoms with van der Waals surface area (Å²) >= 11 is 0.910. The van der Waals surface area contributed by atoms with Gasteiger partial charge in [0, 0.05) is 29.3 Å². The lowest BCUT2D eigenvalue weighted by Gasteiger charge is -2.12. The van der Waals surface area contributed by atoms with Gasteiger partial charge in [0.05, 0.1) is 25.2 Å². The summed E-state index contributed by atoms with van der Waals surface area (Å²) in [5.41, 5.74) is 3.77. The van der Waals surface area contributed by atoms with Crippen LogP contribution in [0.25, 0.3) is 11.3 Å². The van der Waals surface area contributed by atoms with Crippen molar-refractivity contribution in [1.82, 2.24) is 19.9 Å². The molecular weight excluding hydrogens is 416 g/mol. The maximum atomic E-state index is 12.3. The monoisotopic (exact) mass is 434 g/mol. The number of hydrogen-bond acceptors (Lipinski definition) is 9. The molecule has 9 nitrogen and oxygen atoms in total. The van der Waals surface area contributed by atoms with Gasteiger partial charge in [-0.2, -0.15) is 0 Å². The molecule has 0 aliphatic rings. The molecule has 3 aromatic heterocycles. The zero-order valence-corrected chi connectivity index (χ0v) is 17.5. The molecule has 0 aliphatic heterocycles. The first kappa shape index (κ1) is 20.2. The van der Waals surface area contributed by atoms with Crippen molar-refractivity contribution in [3.8, 4) is 22.2 Å². The Balaban J connectivity index is 1.55. The standard InChI is InChI=1S/C21H18N6O3S/c1-12-3-4-14(25-19(28)18-11-24-21(29)31-18)8-17(12)27-20-23-6-5-16(26-20)13-7-15(30-2)10-22-9-13/h3-11H,1-2H3,(H,24,29)(H,25,28)(H,23,26,27). The number of pyridine rings is 1. The van der Waals surface area contributed by atoms with Crippen LogP contribution in [0.2, 0.25) is 0 Å². The van der Waals surface area contributed by atoms with Crippen molar-refractivity contribution < 1.29 is 14.6 Å². The Hall–Kier alpha value is -4.05. The summed E-state index contributed by atoms with van der Waals surface area (Å²) in [5, 5.41) is 15.2. The molecule has 3 heterocycles. The summed E-state index contributed by atoms with van der Waals surface area (Å²) < 4.78 is 5.22. The van der Waals surface area contributed by atoms with Gasteiger partial charge in [0.1, 0.15) is 10.6 Å². The summed E-state index contributed by atoms with van der Waals surface area (Å²) in [6, 6.07) is 9.08. The molecule has 1 amide bonds. The number of anilines is 3. The highest BCUT2D eigenvalue weighted by Crippen LogP contribution is 2.26. The van der Waals surface area contributed by atoms with Crippen LogP contribution >= 0.6 is 11.3 Å². The number of ether oxygens (including phenoxy) is 1. The molecule has 0 radical (unpaired) electrons. The summed E-state index contributed by atoms with van der Waals surface area (Å²) in [6.07, 6.45) is 6.31. The molecular formula is C21H18N6O3S. The van der Waals surface area contributed by atoms with Gasteiger partial charge in [-0.05, 0) is 36.8 Å². The second-order valence-corrected chi connectivity index (χ2v) is 7.50. The normalized spacial score (nSPS) is 10.5. The van der Waals surface area contributed by atoms with Crippen LogP contribution in [-0.2, 0) is 0 Å². The van der Waals surface area contributed by atoms with Crippen LogP contribution in [0.4, 0.5) is 17.3 Å². The maximum absolute atomic E-state index is 12.3. The molecule has 0 unspecified atom stereocenters. The molecule has 0 spiro atoms. The number of thiazole rings is 1. The van der Waals surface area contributed by atoms with Crippen LogP contribution in [0, 0.1) is 6.92 Å². The Morgan fingerprint density at radius 3 is 2.77 bits per heavy atom. The fraction of sp³-hybridized carbons (Fsp3) is 0.0952. The van der Waals surface area contributed by atoms with E-state index in [2.05, 4.69) is 30.6 Å². The quantitative estimate of drug-likeness (QED) is 0.416. The number of rotatable bonds is 6. The molecule has 156 valence electrons. The molecule has 0 aliphatic carbocycles. The van der Waals surface area contributed by atoms with Gasteiger partial charge in [0.15, 0.2) is 0 Å². The van der Waals surface area contributed by atoms with E-state index in [0.29, 0.717) is 28.0 Å². The fourth-order valence-electron chi connectivity index (χ4n) is 2.77. The number of hydrogen-bond donors (Lipinski definition) is 3. The highest BCUT2D eigenvalue weighted by Gasteiger charge is 2.12. The number of aromatic nitrogens is 4. The molecule has 3 N–H and O–H groups in total. The highest BCUT2D eigenvalue weighted by molar-refractivity contribution is 7.15. The number of methoxy groups -OCH3 is 1. The van der Waals surface area contributed by atoms with Crippen molar-refractivity contribution in [3.63, 3.8) is 0 Å². The van der Waals surface area contributed by atoms with E-state index in [0.717, 1.165) is 28.2 Å². The zero-order chi connectivity index (χ0) is 21.8. The third kappa shape index (κ3) is 4.75. The topological polar surface area (TPSA) is 122 Å². The largest absolute Gasteiger partial charge is 0.495 e. The van der Waals surface area contributed by atoms with Crippen molar-refractivity contribution >= 4 is 34.6 Å². The minimum absolute atomic E-state index is 0.153. The molecule has 0 bridgehead atoms. The van der Waals surface area contributed by atoms with Crippen LogP contribution in [0.15, 0.2) is 55.1 Å². The SMILES string of the molecule is COc1cncc(-c2ccnc(Nc3cc(NC(=O)c4cnc(O)s4)ccc3C)n2)c1. The van der Waals surface area contributed by atoms with E-state index in [1.54, 1.807) is 43.9 Å². The third-order valence-corrected chi connectivity index (χ3v) is 5.16. The van der Waals surface area contributed by atoms with Crippen molar-refractivity contribution in [3.05, 3.63) is 65.6 Å². The lowest BCUT2D eigenvalue weighted by Crippen LogP contribution is -2.10. The molecule has 10 heteroatoms. The number of nitrogens with one attached hydrogen (secondary N) is 2. The molecule has 0 saturated carbocycles. The van der Waals surface area contributed by atoms with Gasteiger partial charge >= 0.3 is 0 Å². The number of carbonyl (C=O) groups excluding carboxylic acids is 1. The van der Waals surface area contributed by atoms with Gasteiger partial charge in [-0.1, -0.05) is 17.4 Å². The van der Waals surface area contributed by atoms with Crippen molar-refractivity contribution in [2.75, 3.05) is 17.7 Å². The molecule has 1 aromatic carbocycles. The van der Waals surface area contributed by atoms with Crippen LogP contribution in [0.3, 0.4) is 0 Å². The molecule has 4 rings (SSSR count). The van der Waals surface area contributed by atoms with Crippen LogP contribution in [0.1, 0.15) is 15.2 Å². The summed E-state index contributed by atoms with van der Waals surface area (Å²) in [7, 11) is 1.58. The lowest BCUT2D eigenvalue weighted by molar-refractivity contribution is 0.103. The second kappa shape index (κ2) is 8.76. The van der Waals surface area contributed by atoms with Crippen molar-refractivity contribution in [2.45, 2.75) is 6.92 Å². The van der Waals surface area contributed by atoms with Gasteiger partial charge in [-0.3, -0.25) is 9.78 Å². The number of benzene rings is 1. The predicted octanol–water partition coefficient (Wildman–Crippen LogP) is 4.01. The van der Waals surface area contributed by atoms with E-state index in [9.17, 15) is 9.90 Å². The Labute approximate surface area is 181 Å². The average molecular weight is 434 g/mol. The number of amides is 1. The zero-order valence-electron chi connectivity index (χ0n) is 16.7. The van der Waals surface area contributed by atoms with Gasteiger partial charge in [0.2, 0.25) is 5.95 Å². The first-order valence-electron chi connectivity index (χ1n) is 9.18. The van der Waals surface area contributed by atoms with Crippen LogP contribution in [0.5, 0.6) is 10.9 Å². The third-order valence-electron chi connectivity index (χ3n) is 4.36. The first-order valence-corrected chi connectivity index (χ1v) is 10.00. The lowest BCUT2D eigenvalue weighted by atomic mass is 10.1. The van der Waals surface area contributed by atoms with E-state index in [1.807, 2.05) is 19.1 Å². The van der Waals surface area contributed by atoms with Gasteiger partial charge in [-0.15, -0.1) is 0 Å². The van der Waals surface area contributed by atoms with Gasteiger partial charge in [-0.25, -0.2) is 15.0 Å². The first-order chi connectivity index (χ1) is 15.0. The Bertz CT molecular complexity index is 1240. The highest BCUT2D eigenvalue weighted by atomic mass is 32.1. The summed E-state index contributed by atoms with van der Waals surface area (Å²) in [6.45, 7) is 1.94. The van der Waals surface area contributed by atoms with E-state index < -0.39 is 0 Å². The minimum atomic E-state index is -0.351. The second-order valence-electron chi connectivity index (χ2n) is 6.49. The average Bonchev–Trinajstić information content (AvgIpc) is 3.23. The molecule has 4 aromatic rings. The molecule has 0 saturated heterocycles. The smallest absolute Gasteiger partial charge is 0.271 e. The van der Waals surface area contributed by atoms with Crippen molar-refractivity contribution in [1.29, 1.82) is 0 Å². The van der Waals surface area contributed by atoms with E-state index in [1.165, 1.54) is 6.20 Å². The van der Waals surface area contributed by atoms with Crippen LogP contribution < -0.4 is 15.4 Å². The number of aromatic hydroxyl groups is 1. The summed E-state index contributed by atoms with van der Waals surface area (Å²) in [4.78, 5) is 29.3. The number of carbonyl (C=O) groups is 1. The molecule has 31 heavy (non-hydrogen) atoms. The van der Waals surface area contributed by atoms with E-state index in [-0.39, 0.29) is 11.1 Å². The Morgan fingerprint density at radius 2 is 2.00 bits per heavy atom. The van der Waals surface area contributed by atoms with Gasteiger partial charge < -0.3 is 20.5 Å². The van der Waals surface area contributed by atoms with Crippen LogP contribution in [-0.4, -0.2) is 38.1 Å². The minimum Gasteiger partial charge on any atom is -0.495 e. The Morgan fingerprint density at radius 1 is 1.13 bits per heavy atom. The van der Waals surface area contributed by atoms with E-state index in [4.69, 9.17) is 4.74 Å². The number of aryl methyl sites for hydroxylation is 1. The predicted molar refractivity (Wildman–Crippen MR) is 118 cm³/mol. The fourth-order valence-corrected chi connectivity index (χ4v) is 3.32. The number of nitrogens with zero attached hydrogens (tertiary/aromatic N) is 4. The van der Waals surface area contributed by atoms with E-state index >= 15 is 0 Å². The van der Waals surface area contributed by atoms with Gasteiger partial charge in [0.25, 0.3) is 11.1 Å². The summed E-state index contributed by atoms with van der Waals surface area (Å²) in [5.74, 6) is 0.690.